The molecule has 0 aliphatic carbocycles. The van der Waals surface area contributed by atoms with E-state index in [4.69, 9.17) is 0 Å². The molecular formula is C14H19N5OS. The summed E-state index contributed by atoms with van der Waals surface area (Å²) in [5, 5.41) is 5.48. The van der Waals surface area contributed by atoms with Gasteiger partial charge >= 0.3 is 6.03 Å². The first-order chi connectivity index (χ1) is 10.1. The summed E-state index contributed by atoms with van der Waals surface area (Å²) in [7, 11) is 2.08. The van der Waals surface area contributed by atoms with Crippen LogP contribution in [-0.4, -0.2) is 58.5 Å². The number of aromatic amines is 1. The predicted octanol–water partition coefficient (Wildman–Crippen LogP) is 2.31. The molecule has 0 unspecified atom stereocenters. The Balaban J connectivity index is 1.65. The van der Waals surface area contributed by atoms with Gasteiger partial charge in [0.05, 0.1) is 11.4 Å². The molecule has 0 spiro atoms. The summed E-state index contributed by atoms with van der Waals surface area (Å²) in [6, 6.07) is 4.04. The summed E-state index contributed by atoms with van der Waals surface area (Å²) in [6.07, 6.45) is 1.86. The average Bonchev–Trinajstić information content (AvgIpc) is 3.08. The highest BCUT2D eigenvalue weighted by atomic mass is 32.1. The van der Waals surface area contributed by atoms with E-state index in [9.17, 15) is 4.79 Å². The highest BCUT2D eigenvalue weighted by Gasteiger charge is 2.26. The first-order valence-electron chi connectivity index (χ1n) is 6.99. The number of piperazine rings is 1. The Morgan fingerprint density at radius 1 is 1.52 bits per heavy atom. The van der Waals surface area contributed by atoms with Crippen LogP contribution < -0.4 is 5.32 Å². The zero-order chi connectivity index (χ0) is 14.8. The molecule has 112 valence electrons. The van der Waals surface area contributed by atoms with E-state index in [1.165, 1.54) is 11.3 Å². The number of carbonyl (C=O) groups is 1. The molecule has 0 saturated carbocycles. The number of anilines is 1. The molecule has 7 heteroatoms. The predicted molar refractivity (Wildman–Crippen MR) is 84.6 cm³/mol. The summed E-state index contributed by atoms with van der Waals surface area (Å²) in [6.45, 7) is 4.63. The number of carbonyl (C=O) groups excluding carboxylic acids is 1. The van der Waals surface area contributed by atoms with Crippen LogP contribution in [0.1, 0.15) is 6.92 Å². The van der Waals surface area contributed by atoms with E-state index in [-0.39, 0.29) is 12.1 Å². The van der Waals surface area contributed by atoms with E-state index in [0.29, 0.717) is 5.13 Å². The lowest BCUT2D eigenvalue weighted by Crippen LogP contribution is -2.53. The summed E-state index contributed by atoms with van der Waals surface area (Å²) < 4.78 is 0. The van der Waals surface area contributed by atoms with Gasteiger partial charge < -0.3 is 14.8 Å². The number of urea groups is 1. The maximum atomic E-state index is 12.3. The largest absolute Gasteiger partial charge is 0.360 e. The smallest absolute Gasteiger partial charge is 0.323 e. The minimum absolute atomic E-state index is 0.0667. The Hall–Kier alpha value is -1.86. The van der Waals surface area contributed by atoms with Gasteiger partial charge in [0.2, 0.25) is 0 Å². The molecule has 0 aromatic carbocycles. The second kappa shape index (κ2) is 5.87. The summed E-state index contributed by atoms with van der Waals surface area (Å²) in [5.74, 6) is 0. The first-order valence-corrected chi connectivity index (χ1v) is 7.87. The molecule has 2 aromatic heterocycles. The molecule has 2 aromatic rings. The van der Waals surface area contributed by atoms with E-state index < -0.39 is 0 Å². The standard InChI is InChI=1S/C14H19N5OS/c1-10-8-18(2)6-7-19(10)14(20)17-13-16-12(9-21-13)11-4-3-5-15-11/h3-5,9-10,15H,6-8H2,1-2H3,(H,16,17,20)/t10-/m0/s1. The number of amides is 2. The Morgan fingerprint density at radius 2 is 2.38 bits per heavy atom. The molecule has 1 saturated heterocycles. The van der Waals surface area contributed by atoms with Gasteiger partial charge in [0, 0.05) is 37.3 Å². The lowest BCUT2D eigenvalue weighted by molar-refractivity contribution is 0.125. The number of nitrogens with one attached hydrogen (secondary N) is 2. The van der Waals surface area contributed by atoms with Crippen molar-refractivity contribution in [2.24, 2.45) is 0 Å². The summed E-state index contributed by atoms with van der Waals surface area (Å²) in [5.41, 5.74) is 1.81. The van der Waals surface area contributed by atoms with Gasteiger partial charge in [-0.1, -0.05) is 0 Å². The number of thiazole rings is 1. The van der Waals surface area contributed by atoms with Crippen LogP contribution in [0.3, 0.4) is 0 Å². The van der Waals surface area contributed by atoms with Gasteiger partial charge in [0.25, 0.3) is 0 Å². The van der Waals surface area contributed by atoms with Crippen molar-refractivity contribution in [2.45, 2.75) is 13.0 Å². The topological polar surface area (TPSA) is 64.3 Å². The number of nitrogens with zero attached hydrogens (tertiary/aromatic N) is 3. The second-order valence-electron chi connectivity index (χ2n) is 5.36. The van der Waals surface area contributed by atoms with Gasteiger partial charge in [-0.25, -0.2) is 9.78 Å². The molecule has 3 rings (SSSR count). The van der Waals surface area contributed by atoms with Crippen LogP contribution in [0.2, 0.25) is 0 Å². The second-order valence-corrected chi connectivity index (χ2v) is 6.21. The highest BCUT2D eigenvalue weighted by molar-refractivity contribution is 7.14. The minimum Gasteiger partial charge on any atom is -0.360 e. The van der Waals surface area contributed by atoms with Crippen LogP contribution in [0.5, 0.6) is 0 Å². The molecule has 6 nitrogen and oxygen atoms in total. The van der Waals surface area contributed by atoms with Crippen molar-refractivity contribution in [2.75, 3.05) is 32.0 Å². The molecule has 2 N–H and O–H groups in total. The normalized spacial score (nSPS) is 19.7. The van der Waals surface area contributed by atoms with Crippen molar-refractivity contribution in [1.82, 2.24) is 19.8 Å². The van der Waals surface area contributed by atoms with Crippen LogP contribution in [0.4, 0.5) is 9.93 Å². The van der Waals surface area contributed by atoms with Gasteiger partial charge in [-0.05, 0) is 26.1 Å². The van der Waals surface area contributed by atoms with Crippen molar-refractivity contribution in [3.05, 3.63) is 23.7 Å². The van der Waals surface area contributed by atoms with Gasteiger partial charge in [-0.15, -0.1) is 11.3 Å². The van der Waals surface area contributed by atoms with E-state index in [1.54, 1.807) is 0 Å². The fourth-order valence-corrected chi connectivity index (χ4v) is 3.25. The third kappa shape index (κ3) is 3.08. The van der Waals surface area contributed by atoms with Crippen molar-refractivity contribution in [3.63, 3.8) is 0 Å². The third-order valence-corrected chi connectivity index (χ3v) is 4.44. The number of H-pyrrole nitrogens is 1. The van der Waals surface area contributed by atoms with Gasteiger partial charge in [-0.3, -0.25) is 5.32 Å². The third-order valence-electron chi connectivity index (χ3n) is 3.68. The van der Waals surface area contributed by atoms with E-state index in [2.05, 4.69) is 34.2 Å². The molecule has 21 heavy (non-hydrogen) atoms. The van der Waals surface area contributed by atoms with Crippen molar-refractivity contribution in [1.29, 1.82) is 0 Å². The van der Waals surface area contributed by atoms with Crippen molar-refractivity contribution < 1.29 is 4.79 Å². The Morgan fingerprint density at radius 3 is 3.10 bits per heavy atom. The Bertz CT molecular complexity index is 609. The first kappa shape index (κ1) is 14.1. The molecule has 1 aliphatic rings. The van der Waals surface area contributed by atoms with Crippen molar-refractivity contribution in [3.8, 4) is 11.4 Å². The van der Waals surface area contributed by atoms with Crippen LogP contribution >= 0.6 is 11.3 Å². The fraction of sp³-hybridized carbons (Fsp3) is 0.429. The average molecular weight is 305 g/mol. The molecule has 0 radical (unpaired) electrons. The zero-order valence-corrected chi connectivity index (χ0v) is 13.0. The van der Waals surface area contributed by atoms with E-state index in [1.807, 2.05) is 28.6 Å². The number of hydrogen-bond donors (Lipinski definition) is 2. The molecule has 3 heterocycles. The number of hydrogen-bond acceptors (Lipinski definition) is 4. The molecule has 2 amide bonds. The van der Waals surface area contributed by atoms with Gasteiger partial charge in [0.15, 0.2) is 5.13 Å². The summed E-state index contributed by atoms with van der Waals surface area (Å²) in [4.78, 5) is 24.0. The van der Waals surface area contributed by atoms with Crippen LogP contribution in [0.15, 0.2) is 23.7 Å². The monoisotopic (exact) mass is 305 g/mol. The minimum atomic E-state index is -0.0667. The molecule has 0 bridgehead atoms. The van der Waals surface area contributed by atoms with Crippen LogP contribution in [-0.2, 0) is 0 Å². The molecule has 1 fully saturated rings. The maximum Gasteiger partial charge on any atom is 0.323 e. The quantitative estimate of drug-likeness (QED) is 0.895. The molecule has 1 aliphatic heterocycles. The fourth-order valence-electron chi connectivity index (χ4n) is 2.55. The molecule has 1 atom stereocenters. The number of likely N-dealkylation sites (N-methyl/N-ethyl adjacent to an activating group) is 1. The number of rotatable bonds is 2. The molecular weight excluding hydrogens is 286 g/mol. The Kier molecular flexibility index (Phi) is 3.94. The van der Waals surface area contributed by atoms with Crippen LogP contribution in [0, 0.1) is 0 Å². The van der Waals surface area contributed by atoms with Crippen LogP contribution in [0.25, 0.3) is 11.4 Å². The lowest BCUT2D eigenvalue weighted by atomic mass is 10.2. The van der Waals surface area contributed by atoms with Crippen molar-refractivity contribution >= 4 is 22.5 Å². The van der Waals surface area contributed by atoms with E-state index in [0.717, 1.165) is 31.0 Å². The highest BCUT2D eigenvalue weighted by Crippen LogP contribution is 2.24. The van der Waals surface area contributed by atoms with E-state index >= 15 is 0 Å². The maximum absolute atomic E-state index is 12.3. The lowest BCUT2D eigenvalue weighted by Gasteiger charge is -2.37. The summed E-state index contributed by atoms with van der Waals surface area (Å²) >= 11 is 1.44. The SMILES string of the molecule is C[C@H]1CN(C)CCN1C(=O)Nc1nc(-c2ccc[nH]2)cs1. The zero-order valence-electron chi connectivity index (χ0n) is 12.2. The number of aromatic nitrogens is 2. The Labute approximate surface area is 127 Å². The van der Waals surface area contributed by atoms with Gasteiger partial charge in [0.1, 0.15) is 0 Å². The van der Waals surface area contributed by atoms with Gasteiger partial charge in [-0.2, -0.15) is 0 Å².